The van der Waals surface area contributed by atoms with Crippen LogP contribution in [0.3, 0.4) is 0 Å². The van der Waals surface area contributed by atoms with Gasteiger partial charge in [-0.05, 0) is 49.1 Å². The molecule has 0 spiro atoms. The van der Waals surface area contributed by atoms with Crippen LogP contribution in [-0.2, 0) is 4.79 Å². The van der Waals surface area contributed by atoms with Crippen molar-refractivity contribution >= 4 is 23.0 Å². The standard InChI is InChI=1S/C20H20FN5O/c1-12-5-6-14(21)10-15(12)17-4-3-8-25(17)18-7-9-26-20(24-18)16(11-23-26)19(22)13(2)27/h5-7,9-11,17,22H,3-4,8H2,1-2H3/t17-/m1/s1. The molecule has 1 fully saturated rings. The fraction of sp³-hybridized carbons (Fsp3) is 0.300. The summed E-state index contributed by atoms with van der Waals surface area (Å²) >= 11 is 0. The predicted octanol–water partition coefficient (Wildman–Crippen LogP) is 3.48. The number of rotatable bonds is 4. The minimum absolute atomic E-state index is 0.0503. The minimum atomic E-state index is -0.327. The van der Waals surface area contributed by atoms with Crippen LogP contribution in [0.25, 0.3) is 5.65 Å². The molecule has 1 N–H and O–H groups in total. The van der Waals surface area contributed by atoms with E-state index in [1.165, 1.54) is 19.2 Å². The molecule has 0 unspecified atom stereocenters. The first-order valence-corrected chi connectivity index (χ1v) is 8.92. The Balaban J connectivity index is 1.77. The van der Waals surface area contributed by atoms with Gasteiger partial charge in [0.05, 0.1) is 17.8 Å². The van der Waals surface area contributed by atoms with Crippen LogP contribution in [0.4, 0.5) is 10.2 Å². The molecule has 0 radical (unpaired) electrons. The van der Waals surface area contributed by atoms with E-state index in [2.05, 4.69) is 15.0 Å². The van der Waals surface area contributed by atoms with Crippen molar-refractivity contribution in [2.24, 2.45) is 0 Å². The van der Waals surface area contributed by atoms with Crippen LogP contribution in [-0.4, -0.2) is 32.6 Å². The Hall–Kier alpha value is -3.09. The fourth-order valence-corrected chi connectivity index (χ4v) is 3.72. The average Bonchev–Trinajstić information content (AvgIpc) is 3.29. The van der Waals surface area contributed by atoms with E-state index in [-0.39, 0.29) is 23.4 Å². The second kappa shape index (κ2) is 6.57. The van der Waals surface area contributed by atoms with Crippen LogP contribution in [0.15, 0.2) is 36.7 Å². The first-order chi connectivity index (χ1) is 13.0. The number of carbonyl (C=O) groups is 1. The number of nitrogens with one attached hydrogen (secondary N) is 1. The van der Waals surface area contributed by atoms with Crippen LogP contribution in [0.1, 0.15) is 42.5 Å². The number of fused-ring (bicyclic) bond motifs is 1. The number of anilines is 1. The largest absolute Gasteiger partial charge is 0.349 e. The van der Waals surface area contributed by atoms with Crippen LogP contribution in [0.2, 0.25) is 0 Å². The Morgan fingerprint density at radius 1 is 1.33 bits per heavy atom. The molecule has 0 aliphatic carbocycles. The molecule has 138 valence electrons. The molecule has 2 aromatic heterocycles. The lowest BCUT2D eigenvalue weighted by molar-refractivity contribution is -0.111. The number of aromatic nitrogens is 3. The number of nitrogens with zero attached hydrogens (tertiary/aromatic N) is 4. The molecule has 1 atom stereocenters. The zero-order valence-corrected chi connectivity index (χ0v) is 15.2. The topological polar surface area (TPSA) is 74.3 Å². The fourth-order valence-electron chi connectivity index (χ4n) is 3.72. The Bertz CT molecular complexity index is 1060. The van der Waals surface area contributed by atoms with Gasteiger partial charge < -0.3 is 4.90 Å². The molecule has 27 heavy (non-hydrogen) atoms. The second-order valence-electron chi connectivity index (χ2n) is 6.90. The number of carbonyl (C=O) groups excluding carboxylic acids is 1. The molecule has 0 bridgehead atoms. The van der Waals surface area contributed by atoms with Gasteiger partial charge in [0, 0.05) is 19.7 Å². The smallest absolute Gasteiger partial charge is 0.178 e. The maximum absolute atomic E-state index is 13.8. The number of benzene rings is 1. The van der Waals surface area contributed by atoms with E-state index in [0.717, 1.165) is 36.3 Å². The average molecular weight is 365 g/mol. The van der Waals surface area contributed by atoms with Crippen LogP contribution < -0.4 is 4.90 Å². The summed E-state index contributed by atoms with van der Waals surface area (Å²) in [4.78, 5) is 18.4. The van der Waals surface area contributed by atoms with Gasteiger partial charge in [0.15, 0.2) is 11.4 Å². The summed E-state index contributed by atoms with van der Waals surface area (Å²) < 4.78 is 15.4. The SMILES string of the molecule is CC(=O)C(=N)c1cnn2ccc(N3CCC[C@@H]3c3cc(F)ccc3C)nc12. The third-order valence-electron chi connectivity index (χ3n) is 5.12. The second-order valence-corrected chi connectivity index (χ2v) is 6.90. The van der Waals surface area contributed by atoms with Crippen molar-refractivity contribution in [2.75, 3.05) is 11.4 Å². The van der Waals surface area contributed by atoms with Gasteiger partial charge >= 0.3 is 0 Å². The molecule has 6 nitrogen and oxygen atoms in total. The number of aryl methyl sites for hydroxylation is 1. The number of halogens is 1. The van der Waals surface area contributed by atoms with E-state index in [0.29, 0.717) is 11.2 Å². The van der Waals surface area contributed by atoms with E-state index in [9.17, 15) is 9.18 Å². The Labute approximate surface area is 156 Å². The highest BCUT2D eigenvalue weighted by Gasteiger charge is 2.29. The summed E-state index contributed by atoms with van der Waals surface area (Å²) in [6.07, 6.45) is 5.19. The molecule has 3 heterocycles. The normalized spacial score (nSPS) is 16.9. The molecule has 1 aliphatic heterocycles. The third kappa shape index (κ3) is 2.99. The highest BCUT2D eigenvalue weighted by Crippen LogP contribution is 2.37. The van der Waals surface area contributed by atoms with Crippen molar-refractivity contribution in [2.45, 2.75) is 32.7 Å². The highest BCUT2D eigenvalue weighted by atomic mass is 19.1. The molecule has 1 aromatic carbocycles. The van der Waals surface area contributed by atoms with Gasteiger partial charge in [-0.15, -0.1) is 0 Å². The van der Waals surface area contributed by atoms with Crippen molar-refractivity contribution in [3.05, 3.63) is 59.2 Å². The first kappa shape index (κ1) is 17.3. The number of Topliss-reactive ketones (excluding diaryl/α,β-unsaturated/α-hetero) is 1. The van der Waals surface area contributed by atoms with Gasteiger partial charge in [-0.1, -0.05) is 6.07 Å². The molecule has 4 rings (SSSR count). The molecule has 7 heteroatoms. The van der Waals surface area contributed by atoms with E-state index in [4.69, 9.17) is 5.41 Å². The quantitative estimate of drug-likeness (QED) is 0.719. The van der Waals surface area contributed by atoms with Gasteiger partial charge in [0.2, 0.25) is 0 Å². The van der Waals surface area contributed by atoms with Gasteiger partial charge in [-0.25, -0.2) is 13.9 Å². The number of hydrogen-bond acceptors (Lipinski definition) is 5. The molecule has 0 amide bonds. The lowest BCUT2D eigenvalue weighted by atomic mass is 9.99. The van der Waals surface area contributed by atoms with E-state index < -0.39 is 0 Å². The lowest BCUT2D eigenvalue weighted by Gasteiger charge is -2.27. The number of hydrogen-bond donors (Lipinski definition) is 1. The van der Waals surface area contributed by atoms with E-state index in [1.807, 2.05) is 13.0 Å². The maximum atomic E-state index is 13.8. The Kier molecular flexibility index (Phi) is 4.22. The molecule has 1 aliphatic rings. The van der Waals surface area contributed by atoms with Crippen molar-refractivity contribution in [3.8, 4) is 0 Å². The van der Waals surface area contributed by atoms with Crippen LogP contribution in [0.5, 0.6) is 0 Å². The van der Waals surface area contributed by atoms with Crippen LogP contribution in [0, 0.1) is 18.2 Å². The molecule has 1 saturated heterocycles. The molecule has 3 aromatic rings. The molecule has 0 saturated carbocycles. The van der Waals surface area contributed by atoms with Crippen LogP contribution >= 0.6 is 0 Å². The summed E-state index contributed by atoms with van der Waals surface area (Å²) in [6.45, 7) is 4.17. The van der Waals surface area contributed by atoms with E-state index >= 15 is 0 Å². The van der Waals surface area contributed by atoms with E-state index in [1.54, 1.807) is 22.8 Å². The van der Waals surface area contributed by atoms with Crippen molar-refractivity contribution in [1.82, 2.24) is 14.6 Å². The lowest BCUT2D eigenvalue weighted by Crippen LogP contribution is -2.24. The third-order valence-corrected chi connectivity index (χ3v) is 5.12. The van der Waals surface area contributed by atoms with Crippen molar-refractivity contribution in [1.29, 1.82) is 5.41 Å². The zero-order valence-electron chi connectivity index (χ0n) is 15.2. The molecular weight excluding hydrogens is 345 g/mol. The monoisotopic (exact) mass is 365 g/mol. The first-order valence-electron chi connectivity index (χ1n) is 8.92. The minimum Gasteiger partial charge on any atom is -0.349 e. The van der Waals surface area contributed by atoms with Gasteiger partial charge in [-0.3, -0.25) is 10.2 Å². The molecular formula is C20H20FN5O. The summed E-state index contributed by atoms with van der Waals surface area (Å²) in [7, 11) is 0. The van der Waals surface area contributed by atoms with Gasteiger partial charge in [0.1, 0.15) is 17.3 Å². The zero-order chi connectivity index (χ0) is 19.1. The predicted molar refractivity (Wildman–Crippen MR) is 101 cm³/mol. The Morgan fingerprint density at radius 2 is 2.15 bits per heavy atom. The summed E-state index contributed by atoms with van der Waals surface area (Å²) in [5, 5.41) is 12.2. The van der Waals surface area contributed by atoms with Gasteiger partial charge in [-0.2, -0.15) is 5.10 Å². The summed E-state index contributed by atoms with van der Waals surface area (Å²) in [5.41, 5.74) is 2.82. The highest BCUT2D eigenvalue weighted by molar-refractivity contribution is 6.45. The summed E-state index contributed by atoms with van der Waals surface area (Å²) in [5.74, 6) is 0.178. The summed E-state index contributed by atoms with van der Waals surface area (Å²) in [6, 6.07) is 6.81. The number of ketones is 1. The Morgan fingerprint density at radius 3 is 2.93 bits per heavy atom. The maximum Gasteiger partial charge on any atom is 0.178 e. The van der Waals surface area contributed by atoms with Crippen molar-refractivity contribution < 1.29 is 9.18 Å². The van der Waals surface area contributed by atoms with Crippen molar-refractivity contribution in [3.63, 3.8) is 0 Å². The van der Waals surface area contributed by atoms with Gasteiger partial charge in [0.25, 0.3) is 0 Å².